The van der Waals surface area contributed by atoms with E-state index in [1.165, 1.54) is 51.7 Å². The Morgan fingerprint density at radius 1 is 1.07 bits per heavy atom. The number of halogens is 2. The minimum absolute atomic E-state index is 0. The van der Waals surface area contributed by atoms with Gasteiger partial charge in [0.15, 0.2) is 6.61 Å². The standard InChI is InChI=1S/C20H31N3O3.2ClH/c1-25-20(24)16-26-19-4-2-18(3-5-19)23-14-12-22(13-15-23)11-8-17-6-9-21-10-7-17;;/h2-5,17,21H,6-16H2,1H3;2*1H. The van der Waals surface area contributed by atoms with Gasteiger partial charge in [-0.3, -0.25) is 4.90 Å². The van der Waals surface area contributed by atoms with Crippen molar-refractivity contribution < 1.29 is 14.3 Å². The highest BCUT2D eigenvalue weighted by atomic mass is 35.5. The van der Waals surface area contributed by atoms with Gasteiger partial charge in [0.05, 0.1) is 7.11 Å². The van der Waals surface area contributed by atoms with Gasteiger partial charge in [-0.25, -0.2) is 4.79 Å². The molecule has 28 heavy (non-hydrogen) atoms. The molecular formula is C20H33Cl2N3O3. The largest absolute Gasteiger partial charge is 0.482 e. The Morgan fingerprint density at radius 3 is 2.32 bits per heavy atom. The molecule has 0 spiro atoms. The first kappa shape index (κ1) is 24.8. The fraction of sp³-hybridized carbons (Fsp3) is 0.650. The SMILES string of the molecule is COC(=O)COc1ccc(N2CCN(CCC3CCNCC3)CC2)cc1.Cl.Cl. The molecule has 8 heteroatoms. The third-order valence-corrected chi connectivity index (χ3v) is 5.47. The number of hydrogen-bond donors (Lipinski definition) is 1. The highest BCUT2D eigenvalue weighted by Gasteiger charge is 2.19. The first-order chi connectivity index (χ1) is 12.7. The molecule has 0 radical (unpaired) electrons. The van der Waals surface area contributed by atoms with Gasteiger partial charge in [-0.05, 0) is 69.1 Å². The molecule has 2 fully saturated rings. The van der Waals surface area contributed by atoms with Crippen LogP contribution in [0.1, 0.15) is 19.3 Å². The number of ether oxygens (including phenoxy) is 2. The molecular weight excluding hydrogens is 401 g/mol. The van der Waals surface area contributed by atoms with E-state index in [4.69, 9.17) is 4.74 Å². The third kappa shape index (κ3) is 7.66. The topological polar surface area (TPSA) is 54.0 Å². The predicted molar refractivity (Wildman–Crippen MR) is 117 cm³/mol. The van der Waals surface area contributed by atoms with Crippen molar-refractivity contribution in [2.24, 2.45) is 5.92 Å². The summed E-state index contributed by atoms with van der Waals surface area (Å²) in [7, 11) is 1.36. The Hall–Kier alpha value is -1.21. The molecule has 0 bridgehead atoms. The van der Waals surface area contributed by atoms with E-state index in [0.29, 0.717) is 5.75 Å². The lowest BCUT2D eigenvalue weighted by molar-refractivity contribution is -0.142. The van der Waals surface area contributed by atoms with Crippen molar-refractivity contribution in [1.29, 1.82) is 0 Å². The molecule has 3 rings (SSSR count). The molecule has 0 aromatic heterocycles. The average Bonchev–Trinajstić information content (AvgIpc) is 2.72. The summed E-state index contributed by atoms with van der Waals surface area (Å²) in [6.45, 7) is 7.96. The number of piperazine rings is 1. The molecule has 0 unspecified atom stereocenters. The van der Waals surface area contributed by atoms with Crippen LogP contribution in [-0.4, -0.2) is 70.4 Å². The second kappa shape index (κ2) is 13.1. The third-order valence-electron chi connectivity index (χ3n) is 5.47. The first-order valence-corrected chi connectivity index (χ1v) is 9.72. The van der Waals surface area contributed by atoms with Crippen molar-refractivity contribution in [2.45, 2.75) is 19.3 Å². The Balaban J connectivity index is 0.00000196. The van der Waals surface area contributed by atoms with Crippen molar-refractivity contribution in [1.82, 2.24) is 10.2 Å². The summed E-state index contributed by atoms with van der Waals surface area (Å²) in [4.78, 5) is 16.1. The maximum absolute atomic E-state index is 11.1. The summed E-state index contributed by atoms with van der Waals surface area (Å²) >= 11 is 0. The number of benzene rings is 1. The highest BCUT2D eigenvalue weighted by Crippen LogP contribution is 2.22. The van der Waals surface area contributed by atoms with Crippen molar-refractivity contribution in [2.75, 3.05) is 64.4 Å². The highest BCUT2D eigenvalue weighted by molar-refractivity contribution is 5.85. The normalized spacial score (nSPS) is 18.0. The van der Waals surface area contributed by atoms with Crippen LogP contribution in [0.15, 0.2) is 24.3 Å². The first-order valence-electron chi connectivity index (χ1n) is 9.72. The lowest BCUT2D eigenvalue weighted by Crippen LogP contribution is -2.47. The second-order valence-corrected chi connectivity index (χ2v) is 7.17. The summed E-state index contributed by atoms with van der Waals surface area (Å²) in [5.74, 6) is 1.24. The number of carbonyl (C=O) groups is 1. The van der Waals surface area contributed by atoms with Crippen LogP contribution < -0.4 is 15.0 Å². The maximum Gasteiger partial charge on any atom is 0.343 e. The smallest absolute Gasteiger partial charge is 0.343 e. The monoisotopic (exact) mass is 433 g/mol. The molecule has 6 nitrogen and oxygen atoms in total. The van der Waals surface area contributed by atoms with Crippen LogP contribution in [0.4, 0.5) is 5.69 Å². The molecule has 0 atom stereocenters. The van der Waals surface area contributed by atoms with Gasteiger partial charge in [0.2, 0.25) is 0 Å². The Morgan fingerprint density at radius 2 is 1.71 bits per heavy atom. The fourth-order valence-electron chi connectivity index (χ4n) is 3.72. The summed E-state index contributed by atoms with van der Waals surface area (Å²) < 4.78 is 9.98. The summed E-state index contributed by atoms with van der Waals surface area (Å²) in [6, 6.07) is 7.97. The molecule has 0 aliphatic carbocycles. The summed E-state index contributed by atoms with van der Waals surface area (Å²) in [5.41, 5.74) is 1.22. The van der Waals surface area contributed by atoms with E-state index in [1.54, 1.807) is 0 Å². The molecule has 2 aliphatic heterocycles. The molecule has 0 saturated carbocycles. The van der Waals surface area contributed by atoms with Crippen LogP contribution >= 0.6 is 24.8 Å². The zero-order valence-corrected chi connectivity index (χ0v) is 18.2. The van der Waals surface area contributed by atoms with Crippen molar-refractivity contribution in [3.63, 3.8) is 0 Å². The molecule has 2 heterocycles. The molecule has 1 aromatic carbocycles. The fourth-order valence-corrected chi connectivity index (χ4v) is 3.72. The van der Waals surface area contributed by atoms with Gasteiger partial charge < -0.3 is 19.7 Å². The lowest BCUT2D eigenvalue weighted by Gasteiger charge is -2.37. The lowest BCUT2D eigenvalue weighted by atomic mass is 9.94. The average molecular weight is 434 g/mol. The Kier molecular flexibility index (Phi) is 11.6. The number of anilines is 1. The number of methoxy groups -OCH3 is 1. The molecule has 2 saturated heterocycles. The number of hydrogen-bond acceptors (Lipinski definition) is 6. The number of nitrogens with zero attached hydrogens (tertiary/aromatic N) is 2. The van der Waals surface area contributed by atoms with Gasteiger partial charge in [-0.1, -0.05) is 0 Å². The minimum atomic E-state index is -0.366. The Labute approximate surface area is 180 Å². The molecule has 160 valence electrons. The van der Waals surface area contributed by atoms with Gasteiger partial charge >= 0.3 is 5.97 Å². The minimum Gasteiger partial charge on any atom is -0.482 e. The van der Waals surface area contributed by atoms with E-state index in [-0.39, 0.29) is 37.4 Å². The van der Waals surface area contributed by atoms with E-state index in [1.807, 2.05) is 12.1 Å². The number of carbonyl (C=O) groups excluding carboxylic acids is 1. The van der Waals surface area contributed by atoms with Crippen molar-refractivity contribution in [3.05, 3.63) is 24.3 Å². The van der Waals surface area contributed by atoms with Crippen LogP contribution in [-0.2, 0) is 9.53 Å². The van der Waals surface area contributed by atoms with Crippen LogP contribution in [0.3, 0.4) is 0 Å². The van der Waals surface area contributed by atoms with E-state index in [0.717, 1.165) is 32.1 Å². The van der Waals surface area contributed by atoms with Crippen LogP contribution in [0, 0.1) is 5.92 Å². The second-order valence-electron chi connectivity index (χ2n) is 7.17. The van der Waals surface area contributed by atoms with Crippen LogP contribution in [0.25, 0.3) is 0 Å². The number of esters is 1. The van der Waals surface area contributed by atoms with Gasteiger partial charge in [-0.2, -0.15) is 0 Å². The van der Waals surface area contributed by atoms with Gasteiger partial charge in [-0.15, -0.1) is 24.8 Å². The maximum atomic E-state index is 11.1. The summed E-state index contributed by atoms with van der Waals surface area (Å²) in [5, 5.41) is 3.44. The van der Waals surface area contributed by atoms with Crippen molar-refractivity contribution >= 4 is 36.5 Å². The van der Waals surface area contributed by atoms with Crippen LogP contribution in [0.2, 0.25) is 0 Å². The molecule has 0 amide bonds. The zero-order chi connectivity index (χ0) is 18.2. The number of nitrogens with one attached hydrogen (secondary N) is 1. The Bertz CT molecular complexity index is 560. The quantitative estimate of drug-likeness (QED) is 0.666. The van der Waals surface area contributed by atoms with Gasteiger partial charge in [0.25, 0.3) is 0 Å². The predicted octanol–water partition coefficient (Wildman–Crippen LogP) is 2.59. The van der Waals surface area contributed by atoms with E-state index in [2.05, 4.69) is 32.0 Å². The van der Waals surface area contributed by atoms with Gasteiger partial charge in [0, 0.05) is 31.9 Å². The molecule has 1 aromatic rings. The van der Waals surface area contributed by atoms with Gasteiger partial charge in [0.1, 0.15) is 5.75 Å². The van der Waals surface area contributed by atoms with E-state index >= 15 is 0 Å². The number of piperidine rings is 1. The molecule has 2 aliphatic rings. The van der Waals surface area contributed by atoms with Crippen molar-refractivity contribution in [3.8, 4) is 5.75 Å². The zero-order valence-electron chi connectivity index (χ0n) is 16.6. The van der Waals surface area contributed by atoms with Crippen LogP contribution in [0.5, 0.6) is 5.75 Å². The summed E-state index contributed by atoms with van der Waals surface area (Å²) in [6.07, 6.45) is 4.02. The van der Waals surface area contributed by atoms with E-state index in [9.17, 15) is 4.79 Å². The molecule has 1 N–H and O–H groups in total. The number of rotatable bonds is 7. The van der Waals surface area contributed by atoms with E-state index < -0.39 is 0 Å².